The average Bonchev–Trinajstić information content (AvgIpc) is 3.47. The zero-order valence-electron chi connectivity index (χ0n) is 16.8. The van der Waals surface area contributed by atoms with Crippen LogP contribution in [0.25, 0.3) is 5.82 Å². The summed E-state index contributed by atoms with van der Waals surface area (Å²) >= 11 is 0. The van der Waals surface area contributed by atoms with E-state index in [9.17, 15) is 13.2 Å². The van der Waals surface area contributed by atoms with Gasteiger partial charge in [-0.1, -0.05) is 0 Å². The van der Waals surface area contributed by atoms with Crippen molar-refractivity contribution in [2.75, 3.05) is 13.1 Å². The molecule has 0 atom stereocenters. The Balaban J connectivity index is 1.47. The number of furan rings is 1. The van der Waals surface area contributed by atoms with Crippen LogP contribution in [0.2, 0.25) is 0 Å². The minimum Gasteiger partial charge on any atom is -0.455 e. The Morgan fingerprint density at radius 2 is 1.93 bits per heavy atom. The van der Waals surface area contributed by atoms with Crippen LogP contribution in [0, 0.1) is 13.8 Å². The number of nitrogens with zero attached hydrogens (tertiary/aromatic N) is 4. The van der Waals surface area contributed by atoms with Gasteiger partial charge in [0.1, 0.15) is 22.3 Å². The van der Waals surface area contributed by atoms with Crippen LogP contribution in [0.1, 0.15) is 40.5 Å². The molecule has 0 spiro atoms. The van der Waals surface area contributed by atoms with E-state index in [1.807, 2.05) is 23.8 Å². The molecule has 1 aliphatic rings. The van der Waals surface area contributed by atoms with Gasteiger partial charge in [-0.15, -0.1) is 0 Å². The van der Waals surface area contributed by atoms with Crippen molar-refractivity contribution in [3.8, 4) is 5.82 Å². The second kappa shape index (κ2) is 8.04. The quantitative estimate of drug-likeness (QED) is 0.643. The van der Waals surface area contributed by atoms with Crippen molar-refractivity contribution in [1.82, 2.24) is 24.2 Å². The monoisotopic (exact) mass is 429 g/mol. The predicted molar refractivity (Wildman–Crippen MR) is 109 cm³/mol. The van der Waals surface area contributed by atoms with Gasteiger partial charge in [0.15, 0.2) is 5.76 Å². The van der Waals surface area contributed by atoms with Gasteiger partial charge in [-0.05, 0) is 44.4 Å². The first-order valence-electron chi connectivity index (χ1n) is 9.70. The zero-order chi connectivity index (χ0) is 21.3. The van der Waals surface area contributed by atoms with Gasteiger partial charge < -0.3 is 9.73 Å². The normalized spacial score (nSPS) is 14.9. The number of nitrogens with one attached hydrogen (secondary N) is 1. The van der Waals surface area contributed by atoms with E-state index in [1.165, 1.54) is 10.4 Å². The topological polar surface area (TPSA) is 110 Å². The number of aryl methyl sites for hydroxylation is 2. The van der Waals surface area contributed by atoms with Gasteiger partial charge in [-0.3, -0.25) is 9.36 Å². The van der Waals surface area contributed by atoms with Crippen LogP contribution in [-0.4, -0.2) is 46.3 Å². The maximum atomic E-state index is 12.8. The first-order valence-corrected chi connectivity index (χ1v) is 11.1. The van der Waals surface area contributed by atoms with Crippen molar-refractivity contribution in [1.29, 1.82) is 0 Å². The molecule has 1 amide bonds. The van der Waals surface area contributed by atoms with Gasteiger partial charge in [0.2, 0.25) is 10.0 Å². The number of amides is 1. The second-order valence-electron chi connectivity index (χ2n) is 7.19. The molecule has 1 saturated heterocycles. The van der Waals surface area contributed by atoms with Crippen molar-refractivity contribution in [3.63, 3.8) is 0 Å². The maximum absolute atomic E-state index is 12.8. The summed E-state index contributed by atoms with van der Waals surface area (Å²) < 4.78 is 34.3. The summed E-state index contributed by atoms with van der Waals surface area (Å²) in [5.74, 6) is 1.23. The third-order valence-electron chi connectivity index (χ3n) is 5.11. The van der Waals surface area contributed by atoms with Crippen molar-refractivity contribution >= 4 is 15.9 Å². The van der Waals surface area contributed by atoms with Gasteiger partial charge in [0.25, 0.3) is 5.91 Å². The van der Waals surface area contributed by atoms with Crippen LogP contribution < -0.4 is 5.32 Å². The van der Waals surface area contributed by atoms with Gasteiger partial charge in [-0.2, -0.15) is 4.31 Å². The number of pyridine rings is 1. The fourth-order valence-corrected chi connectivity index (χ4v) is 5.17. The van der Waals surface area contributed by atoms with Gasteiger partial charge in [0.05, 0.1) is 0 Å². The van der Waals surface area contributed by atoms with Crippen molar-refractivity contribution < 1.29 is 17.6 Å². The molecule has 0 radical (unpaired) electrons. The molecule has 3 aromatic heterocycles. The minimum absolute atomic E-state index is 0.0231. The minimum atomic E-state index is -3.64. The standard InChI is InChI=1S/C20H23N5O4S/c1-14-18(30(27,28)24-8-3-4-9-24)12-17(29-14)20(26)23-13-16-5-6-22-19(11-16)25-10-7-21-15(25)2/h5-7,10-12H,3-4,8-9,13H2,1-2H3,(H,23,26). The van der Waals surface area contributed by atoms with Crippen molar-refractivity contribution in [2.24, 2.45) is 0 Å². The number of carbonyl (C=O) groups is 1. The molecular weight excluding hydrogens is 406 g/mol. The van der Waals surface area contributed by atoms with E-state index in [0.29, 0.717) is 18.9 Å². The molecule has 30 heavy (non-hydrogen) atoms. The molecule has 158 valence electrons. The van der Waals surface area contributed by atoms with Gasteiger partial charge in [0, 0.05) is 44.3 Å². The Bertz CT molecular complexity index is 1180. The average molecular weight is 430 g/mol. The lowest BCUT2D eigenvalue weighted by Crippen LogP contribution is -2.28. The maximum Gasteiger partial charge on any atom is 0.287 e. The SMILES string of the molecule is Cc1oc(C(=O)NCc2ccnc(-n3ccnc3C)c2)cc1S(=O)(=O)N1CCCC1. The molecular formula is C20H23N5O4S. The Hall–Kier alpha value is -2.98. The highest BCUT2D eigenvalue weighted by Crippen LogP contribution is 2.26. The van der Waals surface area contributed by atoms with E-state index >= 15 is 0 Å². The molecule has 9 nitrogen and oxygen atoms in total. The lowest BCUT2D eigenvalue weighted by Gasteiger charge is -2.14. The highest BCUT2D eigenvalue weighted by Gasteiger charge is 2.31. The van der Waals surface area contributed by atoms with E-state index in [4.69, 9.17) is 4.42 Å². The molecule has 4 rings (SSSR count). The van der Waals surface area contributed by atoms with Gasteiger partial charge >= 0.3 is 0 Å². The smallest absolute Gasteiger partial charge is 0.287 e. The Morgan fingerprint density at radius 1 is 1.17 bits per heavy atom. The number of sulfonamides is 1. The molecule has 1 N–H and O–H groups in total. The lowest BCUT2D eigenvalue weighted by molar-refractivity contribution is 0.0922. The fraction of sp³-hybridized carbons (Fsp3) is 0.350. The van der Waals surface area contributed by atoms with E-state index in [0.717, 1.165) is 24.2 Å². The summed E-state index contributed by atoms with van der Waals surface area (Å²) in [7, 11) is -3.64. The number of hydrogen-bond acceptors (Lipinski definition) is 6. The summed E-state index contributed by atoms with van der Waals surface area (Å²) in [6.45, 7) is 4.67. The third-order valence-corrected chi connectivity index (χ3v) is 7.12. The highest BCUT2D eigenvalue weighted by molar-refractivity contribution is 7.89. The van der Waals surface area contributed by atoms with E-state index < -0.39 is 15.9 Å². The van der Waals surface area contributed by atoms with Crippen LogP contribution >= 0.6 is 0 Å². The summed E-state index contributed by atoms with van der Waals surface area (Å²) in [5, 5.41) is 2.77. The van der Waals surface area contributed by atoms with E-state index in [-0.39, 0.29) is 23.0 Å². The molecule has 1 aliphatic heterocycles. The molecule has 0 aliphatic carbocycles. The Kier molecular flexibility index (Phi) is 5.44. The molecule has 10 heteroatoms. The third kappa shape index (κ3) is 3.88. The van der Waals surface area contributed by atoms with Gasteiger partial charge in [-0.25, -0.2) is 18.4 Å². The molecule has 1 fully saturated rings. The summed E-state index contributed by atoms with van der Waals surface area (Å²) in [6, 6.07) is 4.96. The summed E-state index contributed by atoms with van der Waals surface area (Å²) in [4.78, 5) is 21.1. The van der Waals surface area contributed by atoms with E-state index in [1.54, 1.807) is 25.4 Å². The van der Waals surface area contributed by atoms with Crippen molar-refractivity contribution in [2.45, 2.75) is 38.1 Å². The number of hydrogen-bond donors (Lipinski definition) is 1. The molecule has 3 aromatic rings. The molecule has 0 aromatic carbocycles. The first kappa shape index (κ1) is 20.3. The number of aromatic nitrogens is 3. The summed E-state index contributed by atoms with van der Waals surface area (Å²) in [6.07, 6.45) is 6.85. The molecule has 0 bridgehead atoms. The zero-order valence-corrected chi connectivity index (χ0v) is 17.6. The highest BCUT2D eigenvalue weighted by atomic mass is 32.2. The van der Waals surface area contributed by atoms with Crippen LogP contribution in [-0.2, 0) is 16.6 Å². The van der Waals surface area contributed by atoms with E-state index in [2.05, 4.69) is 15.3 Å². The Labute approximate surface area is 174 Å². The van der Waals surface area contributed by atoms with Crippen LogP contribution in [0.3, 0.4) is 0 Å². The molecule has 4 heterocycles. The second-order valence-corrected chi connectivity index (χ2v) is 9.10. The fourth-order valence-electron chi connectivity index (χ4n) is 3.49. The molecule has 0 unspecified atom stereocenters. The predicted octanol–water partition coefficient (Wildman–Crippen LogP) is 2.19. The summed E-state index contributed by atoms with van der Waals surface area (Å²) in [5.41, 5.74) is 0.842. The van der Waals surface area contributed by atoms with Crippen LogP contribution in [0.15, 0.2) is 46.1 Å². The lowest BCUT2D eigenvalue weighted by atomic mass is 10.2. The largest absolute Gasteiger partial charge is 0.455 e. The number of imidazole rings is 1. The Morgan fingerprint density at radius 3 is 2.63 bits per heavy atom. The van der Waals surface area contributed by atoms with Crippen molar-refractivity contribution in [3.05, 3.63) is 59.7 Å². The molecule has 0 saturated carbocycles. The number of carbonyl (C=O) groups excluding carboxylic acids is 1. The number of rotatable bonds is 6. The van der Waals surface area contributed by atoms with Crippen LogP contribution in [0.5, 0.6) is 0 Å². The first-order chi connectivity index (χ1) is 14.4. The van der Waals surface area contributed by atoms with Crippen LogP contribution in [0.4, 0.5) is 0 Å².